The van der Waals surface area contributed by atoms with Crippen LogP contribution in [0.25, 0.3) is 0 Å². The normalized spacial score (nSPS) is 21.9. The number of nitrogens with zero attached hydrogens (tertiary/aromatic N) is 2. The molecule has 1 heterocycles. The summed E-state index contributed by atoms with van der Waals surface area (Å²) in [6.45, 7) is 3.67. The molecule has 3 rings (SSSR count). The monoisotopic (exact) mass is 275 g/mol. The summed E-state index contributed by atoms with van der Waals surface area (Å²) in [4.78, 5) is 9.23. The van der Waals surface area contributed by atoms with Crippen LogP contribution in [-0.4, -0.2) is 22.6 Å². The van der Waals surface area contributed by atoms with Crippen molar-refractivity contribution in [3.63, 3.8) is 0 Å². The Bertz CT molecular complexity index is 416. The lowest BCUT2D eigenvalue weighted by Gasteiger charge is -2.35. The Labute approximate surface area is 121 Å². The van der Waals surface area contributed by atoms with Crippen LogP contribution in [0, 0.1) is 0 Å². The molecule has 0 bridgehead atoms. The van der Waals surface area contributed by atoms with Crippen molar-refractivity contribution >= 4 is 0 Å². The zero-order chi connectivity index (χ0) is 13.8. The number of aromatic nitrogens is 2. The van der Waals surface area contributed by atoms with E-state index in [4.69, 9.17) is 4.74 Å². The molecular weight excluding hydrogens is 250 g/mol. The van der Waals surface area contributed by atoms with Gasteiger partial charge in [0.1, 0.15) is 5.60 Å². The van der Waals surface area contributed by atoms with Crippen LogP contribution in [0.15, 0.2) is 12.4 Å². The second-order valence-electron chi connectivity index (χ2n) is 6.06. The number of ether oxygens (including phenoxy) is 1. The maximum Gasteiger partial charge on any atom is 0.160 e. The average Bonchev–Trinajstić information content (AvgIpc) is 3.31. The molecule has 0 aliphatic heterocycles. The van der Waals surface area contributed by atoms with Crippen molar-refractivity contribution in [1.29, 1.82) is 0 Å². The Morgan fingerprint density at radius 2 is 1.90 bits per heavy atom. The first kappa shape index (κ1) is 14.0. The van der Waals surface area contributed by atoms with Crippen LogP contribution in [0.1, 0.15) is 63.3 Å². The first-order valence-electron chi connectivity index (χ1n) is 8.01. The van der Waals surface area contributed by atoms with Crippen LogP contribution >= 0.6 is 0 Å². The Kier molecular flexibility index (Phi) is 4.32. The molecular formula is C16H25N3O. The summed E-state index contributed by atoms with van der Waals surface area (Å²) < 4.78 is 6.06. The van der Waals surface area contributed by atoms with Crippen LogP contribution in [0.5, 0.6) is 0 Å². The van der Waals surface area contributed by atoms with E-state index >= 15 is 0 Å². The molecule has 1 aromatic heterocycles. The number of rotatable bonds is 6. The molecule has 2 fully saturated rings. The number of hydrogen-bond acceptors (Lipinski definition) is 4. The standard InChI is InChI=1S/C16H25N3O/c1-2-20-16(8-4-3-5-9-16)15-18-11-13(12-19-15)10-17-14-6-7-14/h11-12,14,17H,2-10H2,1H3. The lowest BCUT2D eigenvalue weighted by Crippen LogP contribution is -2.34. The fraction of sp³-hybridized carbons (Fsp3) is 0.750. The van der Waals surface area contributed by atoms with Gasteiger partial charge in [0.2, 0.25) is 0 Å². The number of hydrogen-bond donors (Lipinski definition) is 1. The van der Waals surface area contributed by atoms with Crippen LogP contribution in [0.2, 0.25) is 0 Å². The van der Waals surface area contributed by atoms with Gasteiger partial charge in [0.05, 0.1) is 0 Å². The highest BCUT2D eigenvalue weighted by Gasteiger charge is 2.37. The van der Waals surface area contributed by atoms with Crippen molar-refractivity contribution in [3.05, 3.63) is 23.8 Å². The molecule has 0 saturated heterocycles. The molecule has 0 atom stereocenters. The third-order valence-corrected chi connectivity index (χ3v) is 4.37. The SMILES string of the molecule is CCOC1(c2ncc(CNC3CC3)cn2)CCCCC1. The summed E-state index contributed by atoms with van der Waals surface area (Å²) in [5.74, 6) is 0.884. The second kappa shape index (κ2) is 6.19. The summed E-state index contributed by atoms with van der Waals surface area (Å²) in [7, 11) is 0. The topological polar surface area (TPSA) is 47.0 Å². The van der Waals surface area contributed by atoms with E-state index < -0.39 is 0 Å². The molecule has 2 aliphatic rings. The zero-order valence-electron chi connectivity index (χ0n) is 12.4. The molecule has 4 heteroatoms. The van der Waals surface area contributed by atoms with Crippen LogP contribution < -0.4 is 5.32 Å². The molecule has 0 unspecified atom stereocenters. The van der Waals surface area contributed by atoms with Gasteiger partial charge in [-0.3, -0.25) is 0 Å². The first-order chi connectivity index (χ1) is 9.82. The summed E-state index contributed by atoms with van der Waals surface area (Å²) in [6.07, 6.45) is 12.4. The maximum atomic E-state index is 6.06. The van der Waals surface area contributed by atoms with Crippen molar-refractivity contribution in [1.82, 2.24) is 15.3 Å². The van der Waals surface area contributed by atoms with Gasteiger partial charge in [-0.2, -0.15) is 0 Å². The molecule has 0 aromatic carbocycles. The lowest BCUT2D eigenvalue weighted by atomic mass is 9.84. The van der Waals surface area contributed by atoms with E-state index in [2.05, 4.69) is 22.2 Å². The average molecular weight is 275 g/mol. The smallest absolute Gasteiger partial charge is 0.160 e. The van der Waals surface area contributed by atoms with Gasteiger partial charge in [-0.05, 0) is 32.6 Å². The predicted octanol–water partition coefficient (Wildman–Crippen LogP) is 2.92. The van der Waals surface area contributed by atoms with E-state index in [9.17, 15) is 0 Å². The highest BCUT2D eigenvalue weighted by Crippen LogP contribution is 2.38. The Hall–Kier alpha value is -1.00. The molecule has 110 valence electrons. The van der Waals surface area contributed by atoms with Gasteiger partial charge in [0.15, 0.2) is 5.82 Å². The van der Waals surface area contributed by atoms with Crippen molar-refractivity contribution < 1.29 is 4.74 Å². The third-order valence-electron chi connectivity index (χ3n) is 4.37. The van der Waals surface area contributed by atoms with E-state index in [1.165, 1.54) is 37.7 Å². The van der Waals surface area contributed by atoms with Gasteiger partial charge in [0.25, 0.3) is 0 Å². The Morgan fingerprint density at radius 3 is 2.50 bits per heavy atom. The molecule has 2 saturated carbocycles. The van der Waals surface area contributed by atoms with E-state index in [1.807, 2.05) is 12.4 Å². The highest BCUT2D eigenvalue weighted by atomic mass is 16.5. The Morgan fingerprint density at radius 1 is 1.20 bits per heavy atom. The van der Waals surface area contributed by atoms with Crippen LogP contribution in [0.3, 0.4) is 0 Å². The predicted molar refractivity (Wildman–Crippen MR) is 78.3 cm³/mol. The van der Waals surface area contributed by atoms with Gasteiger partial charge in [0, 0.05) is 37.2 Å². The summed E-state index contributed by atoms with van der Waals surface area (Å²) in [5, 5.41) is 3.50. The molecule has 0 amide bonds. The van der Waals surface area contributed by atoms with E-state index in [1.54, 1.807) is 0 Å². The quantitative estimate of drug-likeness (QED) is 0.867. The molecule has 20 heavy (non-hydrogen) atoms. The second-order valence-corrected chi connectivity index (χ2v) is 6.06. The fourth-order valence-electron chi connectivity index (χ4n) is 3.06. The molecule has 1 N–H and O–H groups in total. The van der Waals surface area contributed by atoms with Crippen molar-refractivity contribution in [2.24, 2.45) is 0 Å². The van der Waals surface area contributed by atoms with Gasteiger partial charge in [-0.25, -0.2) is 9.97 Å². The minimum atomic E-state index is -0.227. The van der Waals surface area contributed by atoms with E-state index in [0.717, 1.165) is 37.9 Å². The molecule has 0 spiro atoms. The largest absolute Gasteiger partial charge is 0.367 e. The molecule has 1 aromatic rings. The third kappa shape index (κ3) is 3.18. The lowest BCUT2D eigenvalue weighted by molar-refractivity contribution is -0.0767. The van der Waals surface area contributed by atoms with Crippen LogP contribution in [0.4, 0.5) is 0 Å². The van der Waals surface area contributed by atoms with Crippen molar-refractivity contribution in [2.45, 2.75) is 70.1 Å². The van der Waals surface area contributed by atoms with Gasteiger partial charge >= 0.3 is 0 Å². The van der Waals surface area contributed by atoms with E-state index in [0.29, 0.717) is 0 Å². The van der Waals surface area contributed by atoms with Crippen molar-refractivity contribution in [2.75, 3.05) is 6.61 Å². The van der Waals surface area contributed by atoms with Gasteiger partial charge in [-0.1, -0.05) is 19.3 Å². The summed E-state index contributed by atoms with van der Waals surface area (Å²) in [5.41, 5.74) is 0.943. The minimum absolute atomic E-state index is 0.227. The maximum absolute atomic E-state index is 6.06. The highest BCUT2D eigenvalue weighted by molar-refractivity contribution is 5.11. The van der Waals surface area contributed by atoms with Gasteiger partial charge in [-0.15, -0.1) is 0 Å². The van der Waals surface area contributed by atoms with Crippen LogP contribution in [-0.2, 0) is 16.9 Å². The first-order valence-corrected chi connectivity index (χ1v) is 8.01. The Balaban J connectivity index is 1.69. The minimum Gasteiger partial charge on any atom is -0.367 e. The summed E-state index contributed by atoms with van der Waals surface area (Å²) >= 11 is 0. The van der Waals surface area contributed by atoms with Crippen molar-refractivity contribution in [3.8, 4) is 0 Å². The summed E-state index contributed by atoms with van der Waals surface area (Å²) in [6, 6.07) is 0.725. The zero-order valence-corrected chi connectivity index (χ0v) is 12.4. The van der Waals surface area contributed by atoms with E-state index in [-0.39, 0.29) is 5.60 Å². The molecule has 4 nitrogen and oxygen atoms in total. The fourth-order valence-corrected chi connectivity index (χ4v) is 3.06. The molecule has 2 aliphatic carbocycles. The van der Waals surface area contributed by atoms with Gasteiger partial charge < -0.3 is 10.1 Å². The molecule has 0 radical (unpaired) electrons. The number of nitrogens with one attached hydrogen (secondary N) is 1.